The zero-order chi connectivity index (χ0) is 20.9. The van der Waals surface area contributed by atoms with Crippen molar-refractivity contribution in [3.05, 3.63) is 77.3 Å². The van der Waals surface area contributed by atoms with Gasteiger partial charge in [0.1, 0.15) is 0 Å². The van der Waals surface area contributed by atoms with Gasteiger partial charge in [0.05, 0.1) is 35.4 Å². The van der Waals surface area contributed by atoms with Crippen molar-refractivity contribution in [2.45, 2.75) is 6.10 Å². The van der Waals surface area contributed by atoms with Gasteiger partial charge in [0, 0.05) is 11.8 Å². The van der Waals surface area contributed by atoms with E-state index in [4.69, 9.17) is 21.2 Å². The molecule has 0 aliphatic carbocycles. The summed E-state index contributed by atoms with van der Waals surface area (Å²) in [5.74, 6) is 0.544. The van der Waals surface area contributed by atoms with Crippen LogP contribution in [0.4, 0.5) is 11.5 Å². The molecule has 6 nitrogen and oxygen atoms in total. The van der Waals surface area contributed by atoms with Gasteiger partial charge in [-0.1, -0.05) is 59.2 Å². The molecule has 1 heterocycles. The molecule has 1 atom stereocenters. The molecule has 1 unspecified atom stereocenters. The number of aromatic nitrogens is 1. The van der Waals surface area contributed by atoms with Gasteiger partial charge in [0.2, 0.25) is 0 Å². The summed E-state index contributed by atoms with van der Waals surface area (Å²) < 4.78 is 5.42. The maximum absolute atomic E-state index is 9.40. The lowest BCUT2D eigenvalue weighted by atomic mass is 10.0. The first-order valence-corrected chi connectivity index (χ1v) is 9.82. The van der Waals surface area contributed by atoms with Crippen LogP contribution >= 0.6 is 11.6 Å². The molecule has 30 heavy (non-hydrogen) atoms. The van der Waals surface area contributed by atoms with E-state index in [2.05, 4.69) is 15.5 Å². The number of hydrogen-bond acceptors (Lipinski definition) is 6. The minimum absolute atomic E-state index is 0.130. The SMILES string of the molecule is OCC(O)CN=Cc1ccc2onc(Nc3cccc(-c4ccccc4)c3Cl)c2c1. The summed E-state index contributed by atoms with van der Waals surface area (Å²) in [6.45, 7) is -0.190. The summed E-state index contributed by atoms with van der Waals surface area (Å²) in [5, 5.41) is 27.0. The fourth-order valence-electron chi connectivity index (χ4n) is 3.06. The minimum Gasteiger partial charge on any atom is -0.394 e. The number of anilines is 2. The Kier molecular flexibility index (Phi) is 6.09. The molecular formula is C23H20ClN3O3. The Labute approximate surface area is 178 Å². The van der Waals surface area contributed by atoms with Crippen LogP contribution in [0.2, 0.25) is 5.02 Å². The Hall–Kier alpha value is -3.19. The summed E-state index contributed by atoms with van der Waals surface area (Å²) in [7, 11) is 0. The number of aliphatic imine (C=N–C) groups is 1. The van der Waals surface area contributed by atoms with E-state index in [9.17, 15) is 5.11 Å². The van der Waals surface area contributed by atoms with Gasteiger partial charge >= 0.3 is 0 Å². The maximum atomic E-state index is 9.40. The van der Waals surface area contributed by atoms with Gasteiger partial charge in [-0.15, -0.1) is 0 Å². The lowest BCUT2D eigenvalue weighted by Gasteiger charge is -2.10. The summed E-state index contributed by atoms with van der Waals surface area (Å²) in [6.07, 6.45) is 0.773. The van der Waals surface area contributed by atoms with E-state index >= 15 is 0 Å². The number of aliphatic hydroxyl groups excluding tert-OH is 2. The van der Waals surface area contributed by atoms with Crippen LogP contribution in [-0.4, -0.2) is 40.8 Å². The zero-order valence-corrected chi connectivity index (χ0v) is 16.8. The Bertz CT molecular complexity index is 1180. The van der Waals surface area contributed by atoms with Gasteiger partial charge in [-0.05, 0) is 35.4 Å². The average molecular weight is 422 g/mol. The van der Waals surface area contributed by atoms with Crippen LogP contribution in [-0.2, 0) is 0 Å². The van der Waals surface area contributed by atoms with Crippen molar-refractivity contribution in [2.75, 3.05) is 18.5 Å². The van der Waals surface area contributed by atoms with E-state index in [1.54, 1.807) is 12.3 Å². The molecule has 0 bridgehead atoms. The molecule has 0 saturated heterocycles. The molecule has 4 rings (SSSR count). The van der Waals surface area contributed by atoms with E-state index in [1.165, 1.54) is 0 Å². The fraction of sp³-hybridized carbons (Fsp3) is 0.130. The molecule has 4 aromatic rings. The first-order valence-electron chi connectivity index (χ1n) is 9.45. The molecule has 7 heteroatoms. The molecule has 0 aliphatic rings. The van der Waals surface area contributed by atoms with Crippen LogP contribution in [0.3, 0.4) is 0 Å². The molecule has 3 aromatic carbocycles. The molecule has 0 amide bonds. The van der Waals surface area contributed by atoms with Gasteiger partial charge in [-0.25, -0.2) is 0 Å². The molecule has 0 aliphatic heterocycles. The highest BCUT2D eigenvalue weighted by Gasteiger charge is 2.13. The smallest absolute Gasteiger partial charge is 0.181 e. The van der Waals surface area contributed by atoms with Crippen molar-refractivity contribution in [1.82, 2.24) is 5.16 Å². The molecular weight excluding hydrogens is 402 g/mol. The standard InChI is InChI=1S/C23H20ClN3O3/c24-22-18(16-5-2-1-3-6-16)7-4-8-20(22)26-23-19-11-15(9-10-21(19)30-27-23)12-25-13-17(29)14-28/h1-12,17,28-29H,13-14H2,(H,26,27). The molecule has 152 valence electrons. The Morgan fingerprint density at radius 2 is 1.93 bits per heavy atom. The third kappa shape index (κ3) is 4.36. The molecule has 0 radical (unpaired) electrons. The highest BCUT2D eigenvalue weighted by Crippen LogP contribution is 2.36. The molecule has 0 spiro atoms. The topological polar surface area (TPSA) is 90.9 Å². The highest BCUT2D eigenvalue weighted by atomic mass is 35.5. The van der Waals surface area contributed by atoms with Gasteiger partial charge in [0.25, 0.3) is 0 Å². The number of aliphatic hydroxyl groups is 2. The Balaban J connectivity index is 1.62. The monoisotopic (exact) mass is 421 g/mol. The number of halogens is 1. The number of nitrogens with one attached hydrogen (secondary N) is 1. The minimum atomic E-state index is -0.864. The summed E-state index contributed by atoms with van der Waals surface area (Å²) in [6, 6.07) is 21.3. The van der Waals surface area contributed by atoms with Crippen molar-refractivity contribution in [3.63, 3.8) is 0 Å². The third-order valence-corrected chi connectivity index (χ3v) is 5.01. The van der Waals surface area contributed by atoms with E-state index in [-0.39, 0.29) is 13.2 Å². The Morgan fingerprint density at radius 3 is 2.73 bits per heavy atom. The van der Waals surface area contributed by atoms with Crippen LogP contribution in [0.25, 0.3) is 22.1 Å². The Morgan fingerprint density at radius 1 is 1.10 bits per heavy atom. The lowest BCUT2D eigenvalue weighted by Crippen LogP contribution is -2.15. The van der Waals surface area contributed by atoms with Crippen molar-refractivity contribution >= 4 is 40.3 Å². The number of rotatable bonds is 7. The number of hydrogen-bond donors (Lipinski definition) is 3. The predicted octanol–water partition coefficient (Wildman–Crippen LogP) is 4.66. The maximum Gasteiger partial charge on any atom is 0.181 e. The molecule has 0 fully saturated rings. The van der Waals surface area contributed by atoms with E-state index < -0.39 is 6.10 Å². The largest absolute Gasteiger partial charge is 0.394 e. The fourth-order valence-corrected chi connectivity index (χ4v) is 3.34. The summed E-state index contributed by atoms with van der Waals surface area (Å²) >= 11 is 6.67. The van der Waals surface area contributed by atoms with Crippen molar-refractivity contribution in [1.29, 1.82) is 0 Å². The van der Waals surface area contributed by atoms with Crippen LogP contribution in [0.15, 0.2) is 76.2 Å². The zero-order valence-electron chi connectivity index (χ0n) is 16.0. The van der Waals surface area contributed by atoms with Gasteiger partial charge in [-0.2, -0.15) is 0 Å². The number of benzene rings is 3. The molecule has 1 aromatic heterocycles. The summed E-state index contributed by atoms with van der Waals surface area (Å²) in [5.41, 5.74) is 4.12. The highest BCUT2D eigenvalue weighted by molar-refractivity contribution is 6.36. The van der Waals surface area contributed by atoms with Crippen molar-refractivity contribution in [2.24, 2.45) is 4.99 Å². The second kappa shape index (κ2) is 9.09. The van der Waals surface area contributed by atoms with Crippen molar-refractivity contribution < 1.29 is 14.7 Å². The predicted molar refractivity (Wildman–Crippen MR) is 120 cm³/mol. The second-order valence-electron chi connectivity index (χ2n) is 6.78. The third-order valence-electron chi connectivity index (χ3n) is 4.60. The van der Waals surface area contributed by atoms with Crippen LogP contribution in [0.5, 0.6) is 0 Å². The number of fused-ring (bicyclic) bond motifs is 1. The van der Waals surface area contributed by atoms with Gasteiger partial charge < -0.3 is 20.1 Å². The van der Waals surface area contributed by atoms with Gasteiger partial charge in [0.15, 0.2) is 11.4 Å². The van der Waals surface area contributed by atoms with Gasteiger partial charge in [-0.3, -0.25) is 4.99 Å². The average Bonchev–Trinajstić information content (AvgIpc) is 3.17. The first-order chi connectivity index (χ1) is 14.7. The van der Waals surface area contributed by atoms with E-state index in [0.29, 0.717) is 16.4 Å². The molecule has 0 saturated carbocycles. The van der Waals surface area contributed by atoms with E-state index in [1.807, 2.05) is 60.7 Å². The van der Waals surface area contributed by atoms with Crippen LogP contribution in [0, 0.1) is 0 Å². The van der Waals surface area contributed by atoms with Crippen LogP contribution < -0.4 is 5.32 Å². The van der Waals surface area contributed by atoms with Crippen molar-refractivity contribution in [3.8, 4) is 11.1 Å². The number of nitrogens with zero attached hydrogens (tertiary/aromatic N) is 2. The molecule has 3 N–H and O–H groups in total. The summed E-state index contributed by atoms with van der Waals surface area (Å²) in [4.78, 5) is 4.15. The van der Waals surface area contributed by atoms with E-state index in [0.717, 1.165) is 27.8 Å². The lowest BCUT2D eigenvalue weighted by molar-refractivity contribution is 0.102. The first kappa shape index (κ1) is 20.1. The normalized spacial score (nSPS) is 12.5. The second-order valence-corrected chi connectivity index (χ2v) is 7.15. The van der Waals surface area contributed by atoms with Crippen LogP contribution in [0.1, 0.15) is 5.56 Å². The quantitative estimate of drug-likeness (QED) is 0.377.